The van der Waals surface area contributed by atoms with Gasteiger partial charge in [-0.3, -0.25) is 10.4 Å². The van der Waals surface area contributed by atoms with Gasteiger partial charge in [0.25, 0.3) is 0 Å². The summed E-state index contributed by atoms with van der Waals surface area (Å²) in [6.45, 7) is 0.631. The first-order valence-electron chi connectivity index (χ1n) is 7.72. The van der Waals surface area contributed by atoms with Crippen LogP contribution in [0.25, 0.3) is 0 Å². The molecule has 9 heteroatoms. The summed E-state index contributed by atoms with van der Waals surface area (Å²) in [5, 5.41) is 9.55. The van der Waals surface area contributed by atoms with E-state index >= 15 is 0 Å². The van der Waals surface area contributed by atoms with Gasteiger partial charge in [-0.05, 0) is 11.6 Å². The summed E-state index contributed by atoms with van der Waals surface area (Å²) in [6.07, 6.45) is 3.31. The van der Waals surface area contributed by atoms with E-state index in [9.17, 15) is 0 Å². The Labute approximate surface area is 143 Å². The second kappa shape index (κ2) is 5.13. The summed E-state index contributed by atoms with van der Waals surface area (Å²) in [4.78, 5) is 8.87. The van der Waals surface area contributed by atoms with E-state index in [1.165, 1.54) is 5.12 Å². The third-order valence-electron chi connectivity index (χ3n) is 3.97. The highest BCUT2D eigenvalue weighted by Gasteiger charge is 2.38. The highest BCUT2D eigenvalue weighted by molar-refractivity contribution is 6.10. The van der Waals surface area contributed by atoms with Crippen LogP contribution in [0.15, 0.2) is 79.7 Å². The van der Waals surface area contributed by atoms with Gasteiger partial charge in [0.15, 0.2) is 5.82 Å². The fraction of sp³-hybridized carbons (Fsp3) is 0.0625. The molecule has 0 amide bonds. The molecule has 25 heavy (non-hydrogen) atoms. The Hall–Kier alpha value is -3.75. The lowest BCUT2D eigenvalue weighted by molar-refractivity contribution is 0.187. The number of amidine groups is 1. The normalized spacial score (nSPS) is 18.2. The fourth-order valence-corrected chi connectivity index (χ4v) is 2.85. The zero-order valence-corrected chi connectivity index (χ0v) is 13.1. The van der Waals surface area contributed by atoms with Gasteiger partial charge in [0.2, 0.25) is 17.7 Å². The summed E-state index contributed by atoms with van der Waals surface area (Å²) in [5.41, 5.74) is 11.1. The lowest BCUT2D eigenvalue weighted by atomic mass is 10.2. The van der Waals surface area contributed by atoms with Gasteiger partial charge in [0.1, 0.15) is 12.0 Å². The number of hydrazone groups is 1. The predicted octanol–water partition coefficient (Wildman–Crippen LogP) is 1.18. The second-order valence-electron chi connectivity index (χ2n) is 5.61. The van der Waals surface area contributed by atoms with Crippen LogP contribution < -0.4 is 16.3 Å². The van der Waals surface area contributed by atoms with Crippen LogP contribution in [0, 0.1) is 0 Å². The number of hydrogen-bond donors (Lipinski definition) is 2. The Kier molecular flexibility index (Phi) is 2.80. The van der Waals surface area contributed by atoms with Crippen LogP contribution in [-0.4, -0.2) is 28.2 Å². The maximum atomic E-state index is 6.15. The van der Waals surface area contributed by atoms with Crippen molar-refractivity contribution in [3.63, 3.8) is 0 Å². The molecule has 3 aliphatic rings. The number of nitrogens with zero attached hydrogens (tertiary/aromatic N) is 6. The highest BCUT2D eigenvalue weighted by atomic mass is 16.4. The van der Waals surface area contributed by atoms with Gasteiger partial charge >= 0.3 is 0 Å². The molecule has 0 spiro atoms. The topological polar surface area (TPSA) is 98.0 Å². The molecule has 0 saturated carbocycles. The molecule has 3 aliphatic heterocycles. The van der Waals surface area contributed by atoms with Crippen molar-refractivity contribution in [1.29, 1.82) is 0 Å². The minimum absolute atomic E-state index is 0.314. The standard InChI is InChI=1S/C16H14N8O/c17-16-19-14-13(20-24(21-14)12-7-4-8-25-12)15-18-10-22(23(15)16)9-11-5-2-1-3-6-11/h1-8,10,20H,9H2,(H2,17,19,21). The van der Waals surface area contributed by atoms with Crippen LogP contribution in [0.3, 0.4) is 0 Å². The van der Waals surface area contributed by atoms with Crippen molar-refractivity contribution in [2.45, 2.75) is 6.54 Å². The number of rotatable bonds is 3. The quantitative estimate of drug-likeness (QED) is 0.874. The molecular formula is C16H14N8O. The average molecular weight is 334 g/mol. The van der Waals surface area contributed by atoms with Crippen molar-refractivity contribution in [3.8, 4) is 0 Å². The van der Waals surface area contributed by atoms with E-state index in [2.05, 4.69) is 32.6 Å². The maximum Gasteiger partial charge on any atom is 0.235 e. The second-order valence-corrected chi connectivity index (χ2v) is 5.61. The molecular weight excluding hydrogens is 320 g/mol. The SMILES string of the molecule is NC1=NC2=NN(c3ccco3)NC2=C2N=CN(Cc3ccccc3)N12. The van der Waals surface area contributed by atoms with Crippen LogP contribution >= 0.6 is 0 Å². The molecule has 0 fully saturated rings. The zero-order chi connectivity index (χ0) is 16.8. The van der Waals surface area contributed by atoms with Gasteiger partial charge < -0.3 is 10.2 Å². The van der Waals surface area contributed by atoms with Gasteiger partial charge in [0, 0.05) is 6.07 Å². The summed E-state index contributed by atoms with van der Waals surface area (Å²) in [6, 6.07) is 13.7. The predicted molar refractivity (Wildman–Crippen MR) is 92.7 cm³/mol. The number of guanidine groups is 1. The summed E-state index contributed by atoms with van der Waals surface area (Å²) >= 11 is 0. The van der Waals surface area contributed by atoms with Gasteiger partial charge in [-0.15, -0.1) is 10.2 Å². The van der Waals surface area contributed by atoms with Crippen LogP contribution in [-0.2, 0) is 6.54 Å². The van der Waals surface area contributed by atoms with Crippen molar-refractivity contribution in [3.05, 3.63) is 65.8 Å². The molecule has 0 radical (unpaired) electrons. The molecule has 0 saturated heterocycles. The van der Waals surface area contributed by atoms with E-state index in [-0.39, 0.29) is 0 Å². The van der Waals surface area contributed by atoms with Crippen molar-refractivity contribution >= 4 is 24.0 Å². The molecule has 0 atom stereocenters. The van der Waals surface area contributed by atoms with Crippen molar-refractivity contribution in [2.75, 3.05) is 5.12 Å². The number of anilines is 1. The van der Waals surface area contributed by atoms with Gasteiger partial charge in [-0.25, -0.2) is 4.99 Å². The molecule has 0 unspecified atom stereocenters. The fourth-order valence-electron chi connectivity index (χ4n) is 2.85. The third kappa shape index (κ3) is 2.13. The van der Waals surface area contributed by atoms with E-state index in [4.69, 9.17) is 10.2 Å². The Bertz CT molecular complexity index is 928. The largest absolute Gasteiger partial charge is 0.446 e. The van der Waals surface area contributed by atoms with E-state index in [0.29, 0.717) is 35.7 Å². The smallest absolute Gasteiger partial charge is 0.235 e. The van der Waals surface area contributed by atoms with Gasteiger partial charge in [0.05, 0.1) is 12.8 Å². The zero-order valence-electron chi connectivity index (χ0n) is 13.1. The number of hydrazine groups is 2. The number of fused-ring (bicyclic) bond motifs is 2. The van der Waals surface area contributed by atoms with Crippen LogP contribution in [0.1, 0.15) is 5.56 Å². The number of nitrogens with one attached hydrogen (secondary N) is 1. The Balaban J connectivity index is 1.46. The van der Waals surface area contributed by atoms with Crippen molar-refractivity contribution in [1.82, 2.24) is 15.4 Å². The van der Waals surface area contributed by atoms with Crippen molar-refractivity contribution < 1.29 is 4.42 Å². The molecule has 9 nitrogen and oxygen atoms in total. The number of nitrogens with two attached hydrogens (primary N) is 1. The van der Waals surface area contributed by atoms with Gasteiger partial charge in [-0.1, -0.05) is 30.3 Å². The number of benzene rings is 1. The molecule has 124 valence electrons. The molecule has 3 N–H and O–H groups in total. The Morgan fingerprint density at radius 1 is 1.12 bits per heavy atom. The van der Waals surface area contributed by atoms with E-state index < -0.39 is 0 Å². The third-order valence-corrected chi connectivity index (χ3v) is 3.97. The van der Waals surface area contributed by atoms with Gasteiger partial charge in [-0.2, -0.15) is 10.0 Å². The lowest BCUT2D eigenvalue weighted by Crippen LogP contribution is -2.48. The van der Waals surface area contributed by atoms with E-state index in [1.807, 2.05) is 23.2 Å². The Morgan fingerprint density at radius 3 is 2.80 bits per heavy atom. The molecule has 5 rings (SSSR count). The van der Waals surface area contributed by atoms with Crippen LogP contribution in [0.5, 0.6) is 0 Å². The average Bonchev–Trinajstić information content (AvgIpc) is 3.34. The number of aliphatic imine (C=N–C) groups is 2. The summed E-state index contributed by atoms with van der Waals surface area (Å²) in [7, 11) is 0. The molecule has 0 bridgehead atoms. The first-order valence-corrected chi connectivity index (χ1v) is 7.72. The maximum absolute atomic E-state index is 6.15. The summed E-state index contributed by atoms with van der Waals surface area (Å²) < 4.78 is 5.35. The van der Waals surface area contributed by atoms with E-state index in [1.54, 1.807) is 29.7 Å². The van der Waals surface area contributed by atoms with E-state index in [0.717, 1.165) is 5.56 Å². The number of hydrogen-bond acceptors (Lipinski definition) is 9. The first kappa shape index (κ1) is 13.7. The van der Waals surface area contributed by atoms with Crippen LogP contribution in [0.2, 0.25) is 0 Å². The highest BCUT2D eigenvalue weighted by Crippen LogP contribution is 2.29. The summed E-state index contributed by atoms with van der Waals surface area (Å²) in [5.74, 6) is 1.99. The monoisotopic (exact) mass is 334 g/mol. The molecule has 1 aromatic heterocycles. The molecule has 4 heterocycles. The number of furan rings is 1. The van der Waals surface area contributed by atoms with Crippen molar-refractivity contribution in [2.24, 2.45) is 20.8 Å². The lowest BCUT2D eigenvalue weighted by Gasteiger charge is -2.31. The molecule has 2 aromatic rings. The minimum atomic E-state index is 0.314. The Morgan fingerprint density at radius 2 is 2.00 bits per heavy atom. The molecule has 0 aliphatic carbocycles. The molecule has 1 aromatic carbocycles. The first-order chi connectivity index (χ1) is 12.3. The van der Waals surface area contributed by atoms with Crippen LogP contribution in [0.4, 0.5) is 5.88 Å². The minimum Gasteiger partial charge on any atom is -0.446 e.